The first kappa shape index (κ1) is 24.3. The SMILES string of the molecule is CCN(c1cccc2c1CC=CCCc1cc(C)[nH]c(=O)c1CNC2=O)C1CCC(NC)CC1. The predicted molar refractivity (Wildman–Crippen MR) is 139 cm³/mol. The van der Waals surface area contributed by atoms with Gasteiger partial charge in [-0.15, -0.1) is 0 Å². The van der Waals surface area contributed by atoms with E-state index in [2.05, 4.69) is 52.7 Å². The minimum Gasteiger partial charge on any atom is -0.369 e. The fourth-order valence-corrected chi connectivity index (χ4v) is 5.60. The number of H-pyrrole nitrogens is 1. The molecule has 0 bridgehead atoms. The number of fused-ring (bicyclic) bond motifs is 2. The van der Waals surface area contributed by atoms with Crippen LogP contribution in [0.15, 0.2) is 41.2 Å². The van der Waals surface area contributed by atoms with Crippen LogP contribution in [0.1, 0.15) is 71.8 Å². The Hall–Kier alpha value is -2.86. The molecule has 6 heteroatoms. The Bertz CT molecular complexity index is 1100. The van der Waals surface area contributed by atoms with Crippen molar-refractivity contribution in [3.05, 3.63) is 74.7 Å². The lowest BCUT2D eigenvalue weighted by molar-refractivity contribution is 0.0950. The predicted octanol–water partition coefficient (Wildman–Crippen LogP) is 4.02. The van der Waals surface area contributed by atoms with E-state index in [0.29, 0.717) is 23.2 Å². The Morgan fingerprint density at radius 1 is 1.09 bits per heavy atom. The average Bonchev–Trinajstić information content (AvgIpc) is 2.83. The molecule has 6 nitrogen and oxygen atoms in total. The molecule has 0 spiro atoms. The maximum atomic E-state index is 13.4. The average molecular weight is 463 g/mol. The summed E-state index contributed by atoms with van der Waals surface area (Å²) >= 11 is 0. The third-order valence-corrected chi connectivity index (χ3v) is 7.45. The normalized spacial score (nSPS) is 21.0. The zero-order chi connectivity index (χ0) is 24.1. The van der Waals surface area contributed by atoms with E-state index < -0.39 is 0 Å². The smallest absolute Gasteiger partial charge is 0.253 e. The van der Waals surface area contributed by atoms with E-state index in [9.17, 15) is 9.59 Å². The van der Waals surface area contributed by atoms with Crippen LogP contribution in [0.2, 0.25) is 0 Å². The highest BCUT2D eigenvalue weighted by molar-refractivity contribution is 5.97. The highest BCUT2D eigenvalue weighted by Crippen LogP contribution is 2.32. The molecule has 0 atom stereocenters. The van der Waals surface area contributed by atoms with Gasteiger partial charge in [-0.1, -0.05) is 18.2 Å². The van der Waals surface area contributed by atoms with Crippen LogP contribution >= 0.6 is 0 Å². The van der Waals surface area contributed by atoms with Gasteiger partial charge in [0.05, 0.1) is 0 Å². The van der Waals surface area contributed by atoms with Gasteiger partial charge in [0.15, 0.2) is 0 Å². The number of benzene rings is 1. The number of amides is 1. The Kier molecular flexibility index (Phi) is 7.88. The van der Waals surface area contributed by atoms with E-state index in [1.165, 1.54) is 18.5 Å². The molecule has 1 aliphatic heterocycles. The second-order valence-electron chi connectivity index (χ2n) is 9.57. The monoisotopic (exact) mass is 462 g/mol. The Morgan fingerprint density at radius 3 is 2.62 bits per heavy atom. The third kappa shape index (κ3) is 5.27. The minimum atomic E-state index is -0.119. The summed E-state index contributed by atoms with van der Waals surface area (Å²) in [5, 5.41) is 6.47. The van der Waals surface area contributed by atoms with Crippen molar-refractivity contribution in [1.82, 2.24) is 15.6 Å². The number of rotatable bonds is 4. The number of carbonyl (C=O) groups excluding carboxylic acids is 1. The number of allylic oxidation sites excluding steroid dienone is 2. The second-order valence-corrected chi connectivity index (χ2v) is 9.57. The van der Waals surface area contributed by atoms with Crippen molar-refractivity contribution in [2.45, 2.75) is 77.4 Å². The molecule has 1 fully saturated rings. The molecular formula is C28H38N4O2. The van der Waals surface area contributed by atoms with Crippen LogP contribution < -0.4 is 21.1 Å². The Balaban J connectivity index is 1.66. The number of aromatic nitrogens is 1. The molecule has 0 saturated heterocycles. The summed E-state index contributed by atoms with van der Waals surface area (Å²) in [5.41, 5.74) is 5.35. The number of nitrogens with one attached hydrogen (secondary N) is 3. The summed E-state index contributed by atoms with van der Waals surface area (Å²) in [6, 6.07) is 9.20. The van der Waals surface area contributed by atoms with Gasteiger partial charge in [0, 0.05) is 47.7 Å². The summed E-state index contributed by atoms with van der Waals surface area (Å²) in [6.45, 7) is 5.26. The van der Waals surface area contributed by atoms with Crippen molar-refractivity contribution in [2.24, 2.45) is 0 Å². The van der Waals surface area contributed by atoms with Gasteiger partial charge in [0.2, 0.25) is 0 Å². The number of carbonyl (C=O) groups is 1. The van der Waals surface area contributed by atoms with Crippen LogP contribution in [0.3, 0.4) is 0 Å². The van der Waals surface area contributed by atoms with E-state index in [1.54, 1.807) is 0 Å². The van der Waals surface area contributed by atoms with Crippen molar-refractivity contribution in [2.75, 3.05) is 18.5 Å². The van der Waals surface area contributed by atoms with E-state index in [1.807, 2.05) is 25.1 Å². The lowest BCUT2D eigenvalue weighted by Gasteiger charge is -2.39. The third-order valence-electron chi connectivity index (χ3n) is 7.45. The standard InChI is InChI=1S/C28H38N4O2/c1-4-32(22-15-13-21(29-3)14-16-22)26-12-8-11-24-23(26)10-7-5-6-9-20-17-19(2)31-28(34)25(20)18-30-27(24)33/h5,7-8,11-12,17,21-22,29H,4,6,9-10,13-16,18H2,1-3H3,(H,30,33)(H,31,34). The van der Waals surface area contributed by atoms with E-state index in [-0.39, 0.29) is 18.0 Å². The molecule has 2 aromatic rings. The topological polar surface area (TPSA) is 77.2 Å². The second kappa shape index (κ2) is 11.0. The fourth-order valence-electron chi connectivity index (χ4n) is 5.60. The van der Waals surface area contributed by atoms with Crippen LogP contribution in [0, 0.1) is 6.92 Å². The van der Waals surface area contributed by atoms with Crippen LogP contribution in [0.4, 0.5) is 5.69 Å². The number of aromatic amines is 1. The van der Waals surface area contributed by atoms with Crippen molar-refractivity contribution >= 4 is 11.6 Å². The zero-order valence-corrected chi connectivity index (χ0v) is 20.7. The van der Waals surface area contributed by atoms with Crippen LogP contribution in [0.25, 0.3) is 0 Å². The summed E-state index contributed by atoms with van der Waals surface area (Å²) in [5.74, 6) is -0.119. The van der Waals surface area contributed by atoms with Gasteiger partial charge < -0.3 is 20.5 Å². The zero-order valence-electron chi connectivity index (χ0n) is 20.7. The Labute approximate surface area is 202 Å². The number of pyridine rings is 1. The van der Waals surface area contributed by atoms with Gasteiger partial charge in [-0.3, -0.25) is 9.59 Å². The summed E-state index contributed by atoms with van der Waals surface area (Å²) in [6.07, 6.45) is 11.4. The van der Waals surface area contributed by atoms with E-state index in [4.69, 9.17) is 0 Å². The van der Waals surface area contributed by atoms with Crippen molar-refractivity contribution in [3.8, 4) is 0 Å². The van der Waals surface area contributed by atoms with Gasteiger partial charge in [0.1, 0.15) is 0 Å². The summed E-state index contributed by atoms with van der Waals surface area (Å²) in [7, 11) is 2.05. The van der Waals surface area contributed by atoms with Gasteiger partial charge in [-0.2, -0.15) is 0 Å². The minimum absolute atomic E-state index is 0.111. The van der Waals surface area contributed by atoms with Gasteiger partial charge in [-0.25, -0.2) is 0 Å². The lowest BCUT2D eigenvalue weighted by Crippen LogP contribution is -2.42. The molecule has 0 radical (unpaired) electrons. The van der Waals surface area contributed by atoms with Gasteiger partial charge in [-0.05, 0) is 95.2 Å². The first-order valence-electron chi connectivity index (χ1n) is 12.7. The molecule has 2 aliphatic rings. The van der Waals surface area contributed by atoms with Gasteiger partial charge >= 0.3 is 0 Å². The molecule has 1 amide bonds. The summed E-state index contributed by atoms with van der Waals surface area (Å²) in [4.78, 5) is 31.4. The number of hydrogen-bond donors (Lipinski definition) is 3. The van der Waals surface area contributed by atoms with Crippen LogP contribution in [0.5, 0.6) is 0 Å². The molecule has 0 unspecified atom stereocenters. The molecule has 1 aromatic carbocycles. The molecule has 1 aromatic heterocycles. The van der Waals surface area contributed by atoms with E-state index in [0.717, 1.165) is 55.5 Å². The number of anilines is 1. The first-order chi connectivity index (χ1) is 16.5. The van der Waals surface area contributed by atoms with Crippen molar-refractivity contribution < 1.29 is 4.79 Å². The maximum Gasteiger partial charge on any atom is 0.253 e. The van der Waals surface area contributed by atoms with Crippen molar-refractivity contribution in [1.29, 1.82) is 0 Å². The van der Waals surface area contributed by atoms with Gasteiger partial charge in [0.25, 0.3) is 11.5 Å². The quantitative estimate of drug-likeness (QED) is 0.600. The fraction of sp³-hybridized carbons (Fsp3) is 0.500. The number of nitrogens with zero attached hydrogens (tertiary/aromatic N) is 1. The highest BCUT2D eigenvalue weighted by Gasteiger charge is 2.27. The molecule has 4 rings (SSSR count). The van der Waals surface area contributed by atoms with Crippen molar-refractivity contribution in [3.63, 3.8) is 0 Å². The number of hydrogen-bond acceptors (Lipinski definition) is 4. The molecular weight excluding hydrogens is 424 g/mol. The molecule has 3 N–H and O–H groups in total. The largest absolute Gasteiger partial charge is 0.369 e. The lowest BCUT2D eigenvalue weighted by atomic mass is 9.89. The molecule has 1 aliphatic carbocycles. The van der Waals surface area contributed by atoms with E-state index >= 15 is 0 Å². The Morgan fingerprint density at radius 2 is 1.88 bits per heavy atom. The first-order valence-corrected chi connectivity index (χ1v) is 12.7. The molecule has 182 valence electrons. The van der Waals surface area contributed by atoms with Crippen LogP contribution in [-0.4, -0.2) is 36.6 Å². The summed E-state index contributed by atoms with van der Waals surface area (Å²) < 4.78 is 0. The molecule has 1 saturated carbocycles. The maximum absolute atomic E-state index is 13.4. The number of aryl methyl sites for hydroxylation is 2. The molecule has 34 heavy (non-hydrogen) atoms. The highest BCUT2D eigenvalue weighted by atomic mass is 16.1. The van der Waals surface area contributed by atoms with Crippen LogP contribution in [-0.2, 0) is 19.4 Å². The molecule has 2 heterocycles.